The molecule has 0 N–H and O–H groups in total. The molecule has 266 valence electrons. The number of hydrogen-bond acceptors (Lipinski definition) is 3. The smallest absolute Gasteiger partial charge is 0.111 e. The summed E-state index contributed by atoms with van der Waals surface area (Å²) in [5, 5.41) is 7.71. The lowest BCUT2D eigenvalue weighted by Gasteiger charge is -2.32. The van der Waals surface area contributed by atoms with Gasteiger partial charge in [0.05, 0.1) is 22.4 Å². The Morgan fingerprint density at radius 2 is 1.04 bits per heavy atom. The molecule has 0 spiro atoms. The topological polar surface area (TPSA) is 43.6 Å². The van der Waals surface area contributed by atoms with E-state index in [1.807, 2.05) is 30.6 Å². The highest BCUT2D eigenvalue weighted by Gasteiger charge is 2.48. The third-order valence-corrected chi connectivity index (χ3v) is 12.3. The molecule has 0 radical (unpaired) electrons. The molecule has 3 aromatic heterocycles. The van der Waals surface area contributed by atoms with Crippen LogP contribution in [0.4, 0.5) is 0 Å². The zero-order valence-electron chi connectivity index (χ0n) is 31.2. The van der Waals surface area contributed by atoms with Crippen molar-refractivity contribution in [1.82, 2.24) is 19.5 Å². The minimum atomic E-state index is -0.754. The molecule has 0 aliphatic heterocycles. The molecule has 0 saturated carbocycles. The number of aryl methyl sites for hydroxylation is 1. The normalized spacial score (nSPS) is 13.1. The molecule has 0 amide bonds. The standard InChI is InChI=1S/C53H34N4/c1-33-56-47-11-2-3-12-48(47)57(33)40-23-17-34(18-24-40)38-21-26-42-43-27-22-39(41-25-19-37-16-15-35-9-8-10-36-20-28-44(41)52(37)51(35)36)32-46(43)53(45(42)31-38,49-13-4-6-29-54-49)50-14-5-7-30-55-50/h2-32H,1H3. The van der Waals surface area contributed by atoms with E-state index in [9.17, 15) is 0 Å². The third kappa shape index (κ3) is 4.53. The van der Waals surface area contributed by atoms with Crippen LogP contribution < -0.4 is 0 Å². The summed E-state index contributed by atoms with van der Waals surface area (Å²) in [5.41, 5.74) is 13.8. The lowest BCUT2D eigenvalue weighted by Crippen LogP contribution is -2.31. The van der Waals surface area contributed by atoms with Gasteiger partial charge in [0, 0.05) is 18.1 Å². The molecule has 1 aliphatic rings. The molecule has 0 saturated heterocycles. The van der Waals surface area contributed by atoms with E-state index < -0.39 is 5.41 Å². The fourth-order valence-corrected chi connectivity index (χ4v) is 9.79. The van der Waals surface area contributed by atoms with Gasteiger partial charge >= 0.3 is 0 Å². The maximum absolute atomic E-state index is 5.14. The number of fused-ring (bicyclic) bond motifs is 4. The average Bonchev–Trinajstić information content (AvgIpc) is 3.77. The Morgan fingerprint density at radius 1 is 0.456 bits per heavy atom. The van der Waals surface area contributed by atoms with Crippen LogP contribution in [0.15, 0.2) is 188 Å². The summed E-state index contributed by atoms with van der Waals surface area (Å²) in [4.78, 5) is 15.1. The number of rotatable bonds is 5. The zero-order valence-corrected chi connectivity index (χ0v) is 31.2. The van der Waals surface area contributed by atoms with E-state index in [0.717, 1.165) is 45.1 Å². The van der Waals surface area contributed by atoms with Crippen molar-refractivity contribution >= 4 is 43.4 Å². The molecule has 0 bridgehead atoms. The first kappa shape index (κ1) is 31.9. The van der Waals surface area contributed by atoms with Gasteiger partial charge in [0.25, 0.3) is 0 Å². The van der Waals surface area contributed by atoms with Crippen molar-refractivity contribution in [2.75, 3.05) is 0 Å². The second kappa shape index (κ2) is 12.0. The molecule has 1 aliphatic carbocycles. The lowest BCUT2D eigenvalue weighted by atomic mass is 9.71. The monoisotopic (exact) mass is 726 g/mol. The van der Waals surface area contributed by atoms with Crippen molar-refractivity contribution in [3.63, 3.8) is 0 Å². The van der Waals surface area contributed by atoms with Gasteiger partial charge in [0.15, 0.2) is 0 Å². The minimum Gasteiger partial charge on any atom is -0.297 e. The predicted molar refractivity (Wildman–Crippen MR) is 233 cm³/mol. The number of benzene rings is 8. The molecule has 8 aromatic carbocycles. The maximum atomic E-state index is 5.14. The highest BCUT2D eigenvalue weighted by atomic mass is 15.1. The Balaban J connectivity index is 1.07. The van der Waals surface area contributed by atoms with Crippen molar-refractivity contribution < 1.29 is 0 Å². The highest BCUT2D eigenvalue weighted by molar-refractivity contribution is 6.25. The van der Waals surface area contributed by atoms with Crippen LogP contribution in [0, 0.1) is 6.92 Å². The molecular formula is C53H34N4. The fourth-order valence-electron chi connectivity index (χ4n) is 9.79. The second-order valence-corrected chi connectivity index (χ2v) is 15.2. The molecule has 12 rings (SSSR count). The van der Waals surface area contributed by atoms with E-state index >= 15 is 0 Å². The van der Waals surface area contributed by atoms with Gasteiger partial charge in [0.1, 0.15) is 11.2 Å². The number of imidazole rings is 1. The summed E-state index contributed by atoms with van der Waals surface area (Å²) >= 11 is 0. The molecule has 4 heteroatoms. The molecule has 0 fully saturated rings. The molecule has 3 heterocycles. The van der Waals surface area contributed by atoms with Crippen LogP contribution in [0.5, 0.6) is 0 Å². The Hall–Kier alpha value is -7.43. The third-order valence-electron chi connectivity index (χ3n) is 12.3. The van der Waals surface area contributed by atoms with Gasteiger partial charge in [-0.2, -0.15) is 0 Å². The Morgan fingerprint density at radius 3 is 1.74 bits per heavy atom. The molecule has 57 heavy (non-hydrogen) atoms. The SMILES string of the molecule is Cc1nc2ccccc2n1-c1ccc(-c2ccc3c(c2)C(c2ccccn2)(c2ccccn2)c2cc(-c4ccc5ccc6cccc7ccc4c5c67)ccc2-3)cc1. The van der Waals surface area contributed by atoms with Crippen molar-refractivity contribution in [1.29, 1.82) is 0 Å². The first-order chi connectivity index (χ1) is 28.2. The highest BCUT2D eigenvalue weighted by Crippen LogP contribution is 2.57. The Labute approximate surface area is 329 Å². The van der Waals surface area contributed by atoms with Crippen LogP contribution in [-0.2, 0) is 5.41 Å². The van der Waals surface area contributed by atoms with E-state index in [4.69, 9.17) is 15.0 Å². The summed E-state index contributed by atoms with van der Waals surface area (Å²) in [5.74, 6) is 0.969. The summed E-state index contributed by atoms with van der Waals surface area (Å²) in [6.45, 7) is 2.07. The van der Waals surface area contributed by atoms with Gasteiger partial charge in [-0.25, -0.2) is 4.98 Å². The van der Waals surface area contributed by atoms with Crippen LogP contribution in [0.25, 0.3) is 82.4 Å². The average molecular weight is 727 g/mol. The van der Waals surface area contributed by atoms with E-state index in [0.29, 0.717) is 0 Å². The summed E-state index contributed by atoms with van der Waals surface area (Å²) in [7, 11) is 0. The zero-order chi connectivity index (χ0) is 37.7. The molecule has 0 unspecified atom stereocenters. The number of pyridine rings is 2. The van der Waals surface area contributed by atoms with Crippen molar-refractivity contribution in [3.8, 4) is 39.1 Å². The van der Waals surface area contributed by atoms with Gasteiger partial charge < -0.3 is 0 Å². The maximum Gasteiger partial charge on any atom is 0.111 e. The van der Waals surface area contributed by atoms with Gasteiger partial charge in [-0.1, -0.05) is 115 Å². The molecule has 4 nitrogen and oxygen atoms in total. The van der Waals surface area contributed by atoms with Crippen LogP contribution >= 0.6 is 0 Å². The largest absolute Gasteiger partial charge is 0.297 e. The van der Waals surface area contributed by atoms with E-state index in [1.165, 1.54) is 65.7 Å². The summed E-state index contributed by atoms with van der Waals surface area (Å²) in [6.07, 6.45) is 3.82. The number of nitrogens with zero attached hydrogens (tertiary/aromatic N) is 4. The van der Waals surface area contributed by atoms with Gasteiger partial charge in [-0.05, 0) is 144 Å². The van der Waals surface area contributed by atoms with Crippen LogP contribution in [0.3, 0.4) is 0 Å². The fraction of sp³-hybridized carbons (Fsp3) is 0.0377. The summed E-state index contributed by atoms with van der Waals surface area (Å²) < 4.78 is 2.23. The van der Waals surface area contributed by atoms with Crippen molar-refractivity contribution in [2.24, 2.45) is 0 Å². The number of para-hydroxylation sites is 2. The van der Waals surface area contributed by atoms with Gasteiger partial charge in [-0.15, -0.1) is 0 Å². The Kier molecular flexibility index (Phi) is 6.73. The summed E-state index contributed by atoms with van der Waals surface area (Å²) in [6, 6.07) is 63.9. The number of aromatic nitrogens is 4. The molecule has 0 atom stereocenters. The van der Waals surface area contributed by atoms with Gasteiger partial charge in [-0.3, -0.25) is 14.5 Å². The van der Waals surface area contributed by atoms with Crippen molar-refractivity contribution in [2.45, 2.75) is 12.3 Å². The predicted octanol–water partition coefficient (Wildman–Crippen LogP) is 12.7. The van der Waals surface area contributed by atoms with Crippen LogP contribution in [-0.4, -0.2) is 19.5 Å². The number of hydrogen-bond donors (Lipinski definition) is 0. The van der Waals surface area contributed by atoms with Crippen LogP contribution in [0.1, 0.15) is 28.3 Å². The second-order valence-electron chi connectivity index (χ2n) is 15.2. The lowest BCUT2D eigenvalue weighted by molar-refractivity contribution is 0.706. The van der Waals surface area contributed by atoms with Crippen molar-refractivity contribution in [3.05, 3.63) is 217 Å². The molecule has 11 aromatic rings. The van der Waals surface area contributed by atoms with Crippen LogP contribution in [0.2, 0.25) is 0 Å². The quantitative estimate of drug-likeness (QED) is 0.166. The first-order valence-corrected chi connectivity index (χ1v) is 19.5. The van der Waals surface area contributed by atoms with E-state index in [2.05, 4.69) is 169 Å². The molecular weight excluding hydrogens is 693 g/mol. The van der Waals surface area contributed by atoms with E-state index in [1.54, 1.807) is 0 Å². The Bertz CT molecular complexity index is 3290. The minimum absolute atomic E-state index is 0.754. The first-order valence-electron chi connectivity index (χ1n) is 19.5. The van der Waals surface area contributed by atoms with E-state index in [-0.39, 0.29) is 0 Å². The van der Waals surface area contributed by atoms with Gasteiger partial charge in [0.2, 0.25) is 0 Å².